The van der Waals surface area contributed by atoms with Crippen molar-refractivity contribution >= 4 is 0 Å². The second-order valence-corrected chi connectivity index (χ2v) is 5.02. The summed E-state index contributed by atoms with van der Waals surface area (Å²) in [6, 6.07) is 7.04. The molecule has 0 radical (unpaired) electrons. The molecule has 0 saturated carbocycles. The Morgan fingerprint density at radius 3 is 2.47 bits per heavy atom. The molecule has 2 rings (SSSR count). The van der Waals surface area contributed by atoms with E-state index in [4.69, 9.17) is 0 Å². The summed E-state index contributed by atoms with van der Waals surface area (Å²) in [7, 11) is 2.21. The van der Waals surface area contributed by atoms with Crippen molar-refractivity contribution in [3.8, 4) is 0 Å². The van der Waals surface area contributed by atoms with Gasteiger partial charge in [-0.15, -0.1) is 0 Å². The first-order chi connectivity index (χ1) is 8.16. The summed E-state index contributed by atoms with van der Waals surface area (Å²) in [5.74, 6) is 0.649. The van der Waals surface area contributed by atoms with E-state index in [1.54, 1.807) is 5.56 Å². The minimum Gasteiger partial charge on any atom is -0.302 e. The maximum absolute atomic E-state index is 2.42. The van der Waals surface area contributed by atoms with Crippen LogP contribution >= 0.6 is 0 Å². The SMILES string of the molecule is CC.CC(C)c1ccc2c(c1)CCCN(C)C2. The van der Waals surface area contributed by atoms with Gasteiger partial charge in [-0.1, -0.05) is 45.9 Å². The second kappa shape index (κ2) is 6.80. The van der Waals surface area contributed by atoms with Crippen LogP contribution < -0.4 is 0 Å². The Kier molecular flexibility index (Phi) is 5.70. The van der Waals surface area contributed by atoms with Gasteiger partial charge in [0.15, 0.2) is 0 Å². The van der Waals surface area contributed by atoms with E-state index < -0.39 is 0 Å². The van der Waals surface area contributed by atoms with Gasteiger partial charge < -0.3 is 4.90 Å². The van der Waals surface area contributed by atoms with Crippen LogP contribution in [0.2, 0.25) is 0 Å². The smallest absolute Gasteiger partial charge is 0.0233 e. The third kappa shape index (κ3) is 3.85. The molecule has 0 amide bonds. The van der Waals surface area contributed by atoms with Gasteiger partial charge in [-0.3, -0.25) is 0 Å². The van der Waals surface area contributed by atoms with Crippen molar-refractivity contribution in [1.82, 2.24) is 4.90 Å². The molecule has 1 aliphatic heterocycles. The molecular weight excluding hydrogens is 206 g/mol. The molecule has 0 saturated heterocycles. The maximum Gasteiger partial charge on any atom is 0.0233 e. The average molecular weight is 233 g/mol. The fourth-order valence-electron chi connectivity index (χ4n) is 2.30. The zero-order valence-electron chi connectivity index (χ0n) is 12.1. The Hall–Kier alpha value is -0.820. The van der Waals surface area contributed by atoms with Gasteiger partial charge in [0.2, 0.25) is 0 Å². The van der Waals surface area contributed by atoms with Crippen molar-refractivity contribution in [2.45, 2.75) is 53.0 Å². The first kappa shape index (κ1) is 14.2. The molecular formula is C16H27N. The van der Waals surface area contributed by atoms with Crippen molar-refractivity contribution in [3.05, 3.63) is 34.9 Å². The van der Waals surface area contributed by atoms with Crippen LogP contribution in [-0.2, 0) is 13.0 Å². The Bertz CT molecular complexity index is 341. The molecule has 1 nitrogen and oxygen atoms in total. The normalized spacial score (nSPS) is 15.9. The number of nitrogens with zero attached hydrogens (tertiary/aromatic N) is 1. The number of rotatable bonds is 1. The van der Waals surface area contributed by atoms with Crippen LogP contribution in [0.4, 0.5) is 0 Å². The Morgan fingerprint density at radius 2 is 1.82 bits per heavy atom. The molecule has 0 fully saturated rings. The average Bonchev–Trinajstić information content (AvgIpc) is 2.51. The lowest BCUT2D eigenvalue weighted by Gasteiger charge is -2.14. The molecule has 0 atom stereocenters. The molecule has 1 heteroatoms. The van der Waals surface area contributed by atoms with E-state index in [1.165, 1.54) is 30.5 Å². The van der Waals surface area contributed by atoms with Gasteiger partial charge in [-0.25, -0.2) is 0 Å². The van der Waals surface area contributed by atoms with E-state index in [1.807, 2.05) is 13.8 Å². The van der Waals surface area contributed by atoms with Gasteiger partial charge in [-0.2, -0.15) is 0 Å². The standard InChI is InChI=1S/C14H21N.C2H6/c1-11(2)12-6-7-14-10-15(3)8-4-5-13(14)9-12;1-2/h6-7,9,11H,4-5,8,10H2,1-3H3;1-2H3. The number of aryl methyl sites for hydroxylation is 1. The zero-order chi connectivity index (χ0) is 12.8. The van der Waals surface area contributed by atoms with Gasteiger partial charge in [0, 0.05) is 6.54 Å². The van der Waals surface area contributed by atoms with Gasteiger partial charge >= 0.3 is 0 Å². The van der Waals surface area contributed by atoms with Gasteiger partial charge in [-0.05, 0) is 49.0 Å². The highest BCUT2D eigenvalue weighted by molar-refractivity contribution is 5.34. The Balaban J connectivity index is 0.000000686. The highest BCUT2D eigenvalue weighted by atomic mass is 15.1. The van der Waals surface area contributed by atoms with Gasteiger partial charge in [0.25, 0.3) is 0 Å². The fraction of sp³-hybridized carbons (Fsp3) is 0.625. The molecule has 1 aromatic carbocycles. The van der Waals surface area contributed by atoms with Crippen LogP contribution in [0, 0.1) is 0 Å². The van der Waals surface area contributed by atoms with E-state index in [0.29, 0.717) is 5.92 Å². The highest BCUT2D eigenvalue weighted by Crippen LogP contribution is 2.23. The molecule has 1 aromatic rings. The van der Waals surface area contributed by atoms with E-state index in [-0.39, 0.29) is 0 Å². The maximum atomic E-state index is 2.42. The summed E-state index contributed by atoms with van der Waals surface area (Å²) in [5.41, 5.74) is 4.59. The van der Waals surface area contributed by atoms with Crippen LogP contribution in [-0.4, -0.2) is 18.5 Å². The molecule has 1 heterocycles. The molecule has 96 valence electrons. The number of benzene rings is 1. The van der Waals surface area contributed by atoms with Crippen LogP contribution in [0.5, 0.6) is 0 Å². The summed E-state index contributed by atoms with van der Waals surface area (Å²) in [6.45, 7) is 10.9. The lowest BCUT2D eigenvalue weighted by Crippen LogP contribution is -2.17. The van der Waals surface area contributed by atoms with Gasteiger partial charge in [0.1, 0.15) is 0 Å². The molecule has 17 heavy (non-hydrogen) atoms. The van der Waals surface area contributed by atoms with E-state index in [0.717, 1.165) is 6.54 Å². The van der Waals surface area contributed by atoms with Crippen molar-refractivity contribution in [2.75, 3.05) is 13.6 Å². The van der Waals surface area contributed by atoms with Crippen LogP contribution in [0.1, 0.15) is 56.7 Å². The number of fused-ring (bicyclic) bond motifs is 1. The van der Waals surface area contributed by atoms with Crippen LogP contribution in [0.3, 0.4) is 0 Å². The molecule has 0 spiro atoms. The predicted molar refractivity (Wildman–Crippen MR) is 76.5 cm³/mol. The second-order valence-electron chi connectivity index (χ2n) is 5.02. The van der Waals surface area contributed by atoms with E-state index >= 15 is 0 Å². The minimum atomic E-state index is 0.649. The Morgan fingerprint density at radius 1 is 1.12 bits per heavy atom. The largest absolute Gasteiger partial charge is 0.302 e. The molecule has 0 bridgehead atoms. The summed E-state index contributed by atoms with van der Waals surface area (Å²) < 4.78 is 0. The number of hydrogen-bond donors (Lipinski definition) is 0. The quantitative estimate of drug-likeness (QED) is 0.702. The monoisotopic (exact) mass is 233 g/mol. The molecule has 0 unspecified atom stereocenters. The molecule has 0 aliphatic carbocycles. The first-order valence-corrected chi connectivity index (χ1v) is 6.97. The molecule has 0 N–H and O–H groups in total. The summed E-state index contributed by atoms with van der Waals surface area (Å²) in [5, 5.41) is 0. The highest BCUT2D eigenvalue weighted by Gasteiger charge is 2.12. The molecule has 1 aliphatic rings. The third-order valence-electron chi connectivity index (χ3n) is 3.32. The predicted octanol–water partition coefficient (Wildman–Crippen LogP) is 4.21. The van der Waals surface area contributed by atoms with Crippen molar-refractivity contribution in [3.63, 3.8) is 0 Å². The number of hydrogen-bond acceptors (Lipinski definition) is 1. The Labute approximate surface area is 107 Å². The minimum absolute atomic E-state index is 0.649. The molecule has 0 aromatic heterocycles. The lowest BCUT2D eigenvalue weighted by atomic mass is 9.96. The zero-order valence-corrected chi connectivity index (χ0v) is 12.1. The van der Waals surface area contributed by atoms with Crippen molar-refractivity contribution < 1.29 is 0 Å². The lowest BCUT2D eigenvalue weighted by molar-refractivity contribution is 0.332. The van der Waals surface area contributed by atoms with E-state index in [9.17, 15) is 0 Å². The van der Waals surface area contributed by atoms with Crippen molar-refractivity contribution in [2.24, 2.45) is 0 Å². The topological polar surface area (TPSA) is 3.24 Å². The fourth-order valence-corrected chi connectivity index (χ4v) is 2.30. The summed E-state index contributed by atoms with van der Waals surface area (Å²) in [4.78, 5) is 2.42. The van der Waals surface area contributed by atoms with E-state index in [2.05, 4.69) is 44.0 Å². The first-order valence-electron chi connectivity index (χ1n) is 6.97. The van der Waals surface area contributed by atoms with Gasteiger partial charge in [0.05, 0.1) is 0 Å². The van der Waals surface area contributed by atoms with Crippen LogP contribution in [0.25, 0.3) is 0 Å². The summed E-state index contributed by atoms with van der Waals surface area (Å²) in [6.07, 6.45) is 2.55. The van der Waals surface area contributed by atoms with Crippen molar-refractivity contribution in [1.29, 1.82) is 0 Å². The van der Waals surface area contributed by atoms with Crippen LogP contribution in [0.15, 0.2) is 18.2 Å². The third-order valence-corrected chi connectivity index (χ3v) is 3.32. The summed E-state index contributed by atoms with van der Waals surface area (Å²) >= 11 is 0.